The Kier molecular flexibility index (Phi) is 3.82. The van der Waals surface area contributed by atoms with E-state index in [1.807, 2.05) is 20.3 Å². The highest BCUT2D eigenvalue weighted by atomic mass is 79.9. The summed E-state index contributed by atoms with van der Waals surface area (Å²) < 4.78 is 1.95. The van der Waals surface area contributed by atoms with Gasteiger partial charge in [0.25, 0.3) is 5.91 Å². The highest BCUT2D eigenvalue weighted by Crippen LogP contribution is 2.44. The molecule has 0 radical (unpaired) electrons. The topological polar surface area (TPSA) is 33.2 Å². The van der Waals surface area contributed by atoms with Crippen molar-refractivity contribution in [1.82, 2.24) is 9.88 Å². The third-order valence-electron chi connectivity index (χ3n) is 3.94. The maximum Gasteiger partial charge on any atom is 0.263 e. The zero-order valence-corrected chi connectivity index (χ0v) is 14.1. The second-order valence-corrected chi connectivity index (χ2v) is 7.39. The van der Waals surface area contributed by atoms with Gasteiger partial charge in [0.1, 0.15) is 4.60 Å². The van der Waals surface area contributed by atoms with Crippen molar-refractivity contribution < 1.29 is 4.79 Å². The predicted molar refractivity (Wildman–Crippen MR) is 86.5 cm³/mol. The quantitative estimate of drug-likeness (QED) is 0.749. The first kappa shape index (κ1) is 14.0. The maximum absolute atomic E-state index is 12.5. The number of carbonyl (C=O) groups is 1. The molecule has 1 fully saturated rings. The fourth-order valence-electron chi connectivity index (χ4n) is 2.98. The van der Waals surface area contributed by atoms with E-state index in [9.17, 15) is 4.79 Å². The van der Waals surface area contributed by atoms with Gasteiger partial charge in [-0.25, -0.2) is 4.98 Å². The third kappa shape index (κ3) is 2.37. The number of rotatable bonds is 2. The van der Waals surface area contributed by atoms with Crippen LogP contribution in [0.15, 0.2) is 16.9 Å². The molecule has 20 heavy (non-hydrogen) atoms. The van der Waals surface area contributed by atoms with Crippen molar-refractivity contribution in [3.05, 3.63) is 27.3 Å². The molecule has 0 atom stereocenters. The first-order chi connectivity index (χ1) is 9.58. The maximum atomic E-state index is 12.5. The van der Waals surface area contributed by atoms with Crippen LogP contribution in [0, 0.1) is 0 Å². The lowest BCUT2D eigenvalue weighted by Gasteiger charge is -2.14. The Balaban J connectivity index is 2.22. The molecule has 1 aliphatic rings. The smallest absolute Gasteiger partial charge is 0.263 e. The van der Waals surface area contributed by atoms with Gasteiger partial charge in [-0.2, -0.15) is 0 Å². The number of halogens is 1. The van der Waals surface area contributed by atoms with Crippen molar-refractivity contribution in [2.45, 2.75) is 31.6 Å². The molecule has 2 heterocycles. The molecule has 0 aromatic carbocycles. The summed E-state index contributed by atoms with van der Waals surface area (Å²) in [5.74, 6) is 0.640. The molecule has 3 rings (SSSR count). The monoisotopic (exact) mass is 352 g/mol. The zero-order chi connectivity index (χ0) is 14.3. The van der Waals surface area contributed by atoms with Crippen molar-refractivity contribution in [1.29, 1.82) is 0 Å². The molecular weight excluding hydrogens is 336 g/mol. The highest BCUT2D eigenvalue weighted by molar-refractivity contribution is 9.10. The molecule has 1 amide bonds. The molecule has 3 nitrogen and oxygen atoms in total. The molecular formula is C15H17BrN2OS. The Morgan fingerprint density at radius 3 is 2.75 bits per heavy atom. The summed E-state index contributed by atoms with van der Waals surface area (Å²) in [6.07, 6.45) is 6.79. The van der Waals surface area contributed by atoms with Crippen LogP contribution in [0.25, 0.3) is 10.1 Å². The number of pyridine rings is 1. The van der Waals surface area contributed by atoms with Gasteiger partial charge in [0.05, 0.1) is 9.58 Å². The molecule has 0 unspecified atom stereocenters. The standard InChI is InChI=1S/C15H17BrN2OS/c1-18(2)15(19)14-13(9-5-3-4-6-9)10-7-12(16)17-8-11(10)20-14/h7-9H,3-6H2,1-2H3. The lowest BCUT2D eigenvalue weighted by atomic mass is 9.94. The van der Waals surface area contributed by atoms with Crippen LogP contribution in [0.4, 0.5) is 0 Å². The minimum absolute atomic E-state index is 0.115. The zero-order valence-electron chi connectivity index (χ0n) is 11.6. The Hall–Kier alpha value is -0.940. The van der Waals surface area contributed by atoms with Crippen molar-refractivity contribution in [2.24, 2.45) is 0 Å². The summed E-state index contributed by atoms with van der Waals surface area (Å²) in [4.78, 5) is 19.3. The Bertz CT molecular complexity index is 659. The molecule has 0 bridgehead atoms. The van der Waals surface area contributed by atoms with E-state index in [-0.39, 0.29) is 5.91 Å². The molecule has 106 valence electrons. The van der Waals surface area contributed by atoms with Gasteiger partial charge in [0.2, 0.25) is 0 Å². The Morgan fingerprint density at radius 2 is 2.10 bits per heavy atom. The number of carbonyl (C=O) groups excluding carboxylic acids is 1. The van der Waals surface area contributed by atoms with Gasteiger partial charge in [0.15, 0.2) is 0 Å². The number of amides is 1. The van der Waals surface area contributed by atoms with Crippen LogP contribution in [0.2, 0.25) is 0 Å². The van der Waals surface area contributed by atoms with Crippen molar-refractivity contribution in [3.63, 3.8) is 0 Å². The Labute approximate surface area is 131 Å². The lowest BCUT2D eigenvalue weighted by Crippen LogP contribution is -2.22. The van der Waals surface area contributed by atoms with E-state index in [0.29, 0.717) is 5.92 Å². The summed E-state index contributed by atoms with van der Waals surface area (Å²) in [5.41, 5.74) is 1.25. The number of nitrogens with zero attached hydrogens (tertiary/aromatic N) is 2. The molecule has 0 aliphatic heterocycles. The highest BCUT2D eigenvalue weighted by Gasteiger charge is 2.28. The minimum Gasteiger partial charge on any atom is -0.344 e. The fourth-order valence-corrected chi connectivity index (χ4v) is 4.57. The number of hydrogen-bond acceptors (Lipinski definition) is 3. The van der Waals surface area contributed by atoms with Gasteiger partial charge < -0.3 is 4.90 Å². The predicted octanol–water partition coefficient (Wildman–Crippen LogP) is 4.42. The SMILES string of the molecule is CN(C)C(=O)c1sc2cnc(Br)cc2c1C1CCCC1. The number of thiophene rings is 1. The summed E-state index contributed by atoms with van der Waals surface area (Å²) in [7, 11) is 3.64. The van der Waals surface area contributed by atoms with Crippen LogP contribution in [0.3, 0.4) is 0 Å². The van der Waals surface area contributed by atoms with Crippen molar-refractivity contribution in [3.8, 4) is 0 Å². The number of aromatic nitrogens is 1. The minimum atomic E-state index is 0.115. The van der Waals surface area contributed by atoms with E-state index < -0.39 is 0 Å². The van der Waals surface area contributed by atoms with Crippen molar-refractivity contribution >= 4 is 43.3 Å². The summed E-state index contributed by atoms with van der Waals surface area (Å²) in [6.45, 7) is 0. The molecule has 1 saturated carbocycles. The van der Waals surface area contributed by atoms with E-state index >= 15 is 0 Å². The van der Waals surface area contributed by atoms with Gasteiger partial charge >= 0.3 is 0 Å². The number of fused-ring (bicyclic) bond motifs is 1. The third-order valence-corrected chi connectivity index (χ3v) is 5.52. The van der Waals surface area contributed by atoms with E-state index in [1.54, 1.807) is 16.2 Å². The van der Waals surface area contributed by atoms with Crippen LogP contribution in [0.1, 0.15) is 46.8 Å². The Morgan fingerprint density at radius 1 is 1.40 bits per heavy atom. The van der Waals surface area contributed by atoms with Crippen molar-refractivity contribution in [2.75, 3.05) is 14.1 Å². The molecule has 0 N–H and O–H groups in total. The largest absolute Gasteiger partial charge is 0.344 e. The molecule has 2 aromatic heterocycles. The van der Waals surface area contributed by atoms with Gasteiger partial charge in [-0.3, -0.25) is 4.79 Å². The first-order valence-corrected chi connectivity index (χ1v) is 8.48. The normalized spacial score (nSPS) is 15.9. The molecule has 0 spiro atoms. The van der Waals surface area contributed by atoms with Crippen LogP contribution in [-0.4, -0.2) is 29.9 Å². The van der Waals surface area contributed by atoms with Crippen LogP contribution in [-0.2, 0) is 0 Å². The average Bonchev–Trinajstić information content (AvgIpc) is 3.03. The molecule has 2 aromatic rings. The van der Waals surface area contributed by atoms with Gasteiger partial charge in [-0.05, 0) is 46.3 Å². The first-order valence-electron chi connectivity index (χ1n) is 6.87. The van der Waals surface area contributed by atoms with Gasteiger partial charge in [-0.15, -0.1) is 11.3 Å². The molecule has 0 saturated heterocycles. The molecule has 5 heteroatoms. The summed E-state index contributed by atoms with van der Waals surface area (Å²) >= 11 is 5.03. The van der Waals surface area contributed by atoms with Crippen LogP contribution >= 0.6 is 27.3 Å². The van der Waals surface area contributed by atoms with E-state index in [4.69, 9.17) is 0 Å². The van der Waals surface area contributed by atoms with E-state index in [2.05, 4.69) is 27.0 Å². The fraction of sp³-hybridized carbons (Fsp3) is 0.467. The summed E-state index contributed by atoms with van der Waals surface area (Å²) in [5, 5.41) is 1.20. The van der Waals surface area contributed by atoms with E-state index in [1.165, 1.54) is 36.6 Å². The van der Waals surface area contributed by atoms with Gasteiger partial charge in [-0.1, -0.05) is 12.8 Å². The van der Waals surface area contributed by atoms with Crippen LogP contribution in [0.5, 0.6) is 0 Å². The average molecular weight is 353 g/mol. The number of hydrogen-bond donors (Lipinski definition) is 0. The second-order valence-electron chi connectivity index (χ2n) is 5.53. The molecule has 1 aliphatic carbocycles. The second kappa shape index (κ2) is 5.45. The van der Waals surface area contributed by atoms with E-state index in [0.717, 1.165) is 14.2 Å². The van der Waals surface area contributed by atoms with Crippen LogP contribution < -0.4 is 0 Å². The summed E-state index contributed by atoms with van der Waals surface area (Å²) in [6, 6.07) is 2.06. The lowest BCUT2D eigenvalue weighted by molar-refractivity contribution is 0.0831. The van der Waals surface area contributed by atoms with Gasteiger partial charge in [0, 0.05) is 25.7 Å².